The monoisotopic (exact) mass is 460 g/mol. The molecule has 7 nitrogen and oxygen atoms in total. The van der Waals surface area contributed by atoms with Crippen LogP contribution in [0.15, 0.2) is 17.5 Å². The van der Waals surface area contributed by atoms with E-state index in [0.29, 0.717) is 25.8 Å². The Hall–Kier alpha value is -2.44. The molecule has 9 heteroatoms. The number of anilines is 1. The number of nitrogens with one attached hydrogen (secondary N) is 2. The molecule has 0 radical (unpaired) electrons. The number of carbonyl (C=O) groups excluding carboxylic acids is 2. The fourth-order valence-electron chi connectivity index (χ4n) is 3.54. The summed E-state index contributed by atoms with van der Waals surface area (Å²) in [6, 6.07) is 6.39. The summed E-state index contributed by atoms with van der Waals surface area (Å²) < 4.78 is 5.26. The Morgan fingerprint density at radius 3 is 2.77 bits per heavy atom. The maximum absolute atomic E-state index is 12.4. The molecular weight excluding hydrogens is 432 g/mol. The molecular formula is C22H28N4O3S2. The average molecular weight is 461 g/mol. The van der Waals surface area contributed by atoms with Gasteiger partial charge in [-0.1, -0.05) is 19.3 Å². The van der Waals surface area contributed by atoms with Gasteiger partial charge in [-0.15, -0.1) is 22.7 Å². The van der Waals surface area contributed by atoms with E-state index in [1.165, 1.54) is 16.2 Å². The van der Waals surface area contributed by atoms with Gasteiger partial charge in [0, 0.05) is 23.2 Å². The van der Waals surface area contributed by atoms with Gasteiger partial charge in [-0.2, -0.15) is 5.26 Å². The van der Waals surface area contributed by atoms with Gasteiger partial charge in [0.15, 0.2) is 11.2 Å². The number of ether oxygens (including phenoxy) is 1. The first-order valence-corrected chi connectivity index (χ1v) is 12.3. The lowest BCUT2D eigenvalue weighted by Gasteiger charge is -2.32. The number of amides is 1. The second kappa shape index (κ2) is 10.7. The second-order valence-corrected chi connectivity index (χ2v) is 10.0. The zero-order valence-corrected chi connectivity index (χ0v) is 19.5. The lowest BCUT2D eigenvalue weighted by molar-refractivity contribution is -0.155. The predicted octanol–water partition coefficient (Wildman–Crippen LogP) is 4.65. The second-order valence-electron chi connectivity index (χ2n) is 7.85. The lowest BCUT2D eigenvalue weighted by Crippen LogP contribution is -2.52. The minimum atomic E-state index is -0.914. The summed E-state index contributed by atoms with van der Waals surface area (Å²) >= 11 is 3.25. The number of aromatic nitrogens is 1. The molecule has 1 amide bonds. The summed E-state index contributed by atoms with van der Waals surface area (Å²) in [4.78, 5) is 31.5. The van der Waals surface area contributed by atoms with Crippen molar-refractivity contribution in [3.8, 4) is 16.6 Å². The van der Waals surface area contributed by atoms with Crippen molar-refractivity contribution in [1.82, 2.24) is 10.3 Å². The molecule has 0 aromatic carbocycles. The van der Waals surface area contributed by atoms with Gasteiger partial charge >= 0.3 is 5.97 Å². The van der Waals surface area contributed by atoms with Crippen LogP contribution in [0, 0.1) is 18.3 Å². The molecule has 2 N–H and O–H groups in total. The standard InChI is InChI=1S/C22H28N4O3S2/c1-15-8-9-18(31-15)17-13-30-21(25-17)24-12-6-7-19(27)29-16(2)20(28)26-22(14-23)10-4-3-5-11-22/h8-9,13,16H,3-7,10-12H2,1-2H3,(H,24,25)(H,26,28). The Balaban J connectivity index is 1.36. The van der Waals surface area contributed by atoms with Gasteiger partial charge in [-0.05, 0) is 45.2 Å². The highest BCUT2D eigenvalue weighted by molar-refractivity contribution is 7.16. The SMILES string of the molecule is Cc1ccc(-c2csc(NCCCC(=O)OC(C)C(=O)NC3(C#N)CCCCC3)n2)s1. The summed E-state index contributed by atoms with van der Waals surface area (Å²) in [7, 11) is 0. The molecule has 0 bridgehead atoms. The fourth-order valence-corrected chi connectivity index (χ4v) is 5.18. The number of nitrogens with zero attached hydrogens (tertiary/aromatic N) is 2. The molecule has 1 aliphatic carbocycles. The van der Waals surface area contributed by atoms with E-state index in [0.717, 1.165) is 35.0 Å². The molecule has 1 aliphatic rings. The number of hydrogen-bond acceptors (Lipinski definition) is 8. The lowest BCUT2D eigenvalue weighted by atomic mass is 9.83. The van der Waals surface area contributed by atoms with Crippen LogP contribution in [0.1, 0.15) is 56.7 Å². The normalized spacial score (nSPS) is 16.2. The molecule has 1 saturated carbocycles. The van der Waals surface area contributed by atoms with E-state index in [2.05, 4.69) is 40.7 Å². The van der Waals surface area contributed by atoms with E-state index in [9.17, 15) is 14.9 Å². The average Bonchev–Trinajstić information content (AvgIpc) is 3.40. The summed E-state index contributed by atoms with van der Waals surface area (Å²) in [5, 5.41) is 18.3. The van der Waals surface area contributed by atoms with Crippen LogP contribution in [0.25, 0.3) is 10.6 Å². The minimum Gasteiger partial charge on any atom is -0.453 e. The van der Waals surface area contributed by atoms with Crippen LogP contribution in [0.5, 0.6) is 0 Å². The summed E-state index contributed by atoms with van der Waals surface area (Å²) in [5.74, 6) is -0.831. The van der Waals surface area contributed by atoms with Gasteiger partial charge in [0.25, 0.3) is 5.91 Å². The highest BCUT2D eigenvalue weighted by atomic mass is 32.1. The molecule has 0 spiro atoms. The number of thiazole rings is 1. The first-order valence-electron chi connectivity index (χ1n) is 10.6. The van der Waals surface area contributed by atoms with Crippen LogP contribution in [-0.4, -0.2) is 35.0 Å². The summed E-state index contributed by atoms with van der Waals surface area (Å²) in [6.45, 7) is 4.20. The van der Waals surface area contributed by atoms with Gasteiger partial charge in [0.05, 0.1) is 16.6 Å². The topological polar surface area (TPSA) is 104 Å². The van der Waals surface area contributed by atoms with E-state index in [4.69, 9.17) is 4.74 Å². The molecule has 0 aliphatic heterocycles. The number of thiophene rings is 1. The molecule has 2 aromatic heterocycles. The molecule has 2 heterocycles. The van der Waals surface area contributed by atoms with Crippen LogP contribution in [0.2, 0.25) is 0 Å². The molecule has 0 saturated heterocycles. The predicted molar refractivity (Wildman–Crippen MR) is 123 cm³/mol. The zero-order chi connectivity index (χ0) is 22.3. The van der Waals surface area contributed by atoms with Crippen LogP contribution in [0.4, 0.5) is 5.13 Å². The number of rotatable bonds is 9. The van der Waals surface area contributed by atoms with Crippen LogP contribution in [0.3, 0.4) is 0 Å². The zero-order valence-electron chi connectivity index (χ0n) is 17.9. The Morgan fingerprint density at radius 1 is 1.32 bits per heavy atom. The molecule has 1 unspecified atom stereocenters. The fraction of sp³-hybridized carbons (Fsp3) is 0.545. The van der Waals surface area contributed by atoms with Gasteiger partial charge in [0.2, 0.25) is 0 Å². The van der Waals surface area contributed by atoms with E-state index < -0.39 is 23.5 Å². The highest BCUT2D eigenvalue weighted by Gasteiger charge is 2.35. The highest BCUT2D eigenvalue weighted by Crippen LogP contribution is 2.30. The number of hydrogen-bond donors (Lipinski definition) is 2. The van der Waals surface area contributed by atoms with E-state index >= 15 is 0 Å². The first-order chi connectivity index (χ1) is 14.9. The van der Waals surface area contributed by atoms with Crippen LogP contribution in [-0.2, 0) is 14.3 Å². The number of aryl methyl sites for hydroxylation is 1. The van der Waals surface area contributed by atoms with Gasteiger partial charge in [0.1, 0.15) is 5.54 Å². The van der Waals surface area contributed by atoms with Crippen molar-refractivity contribution in [2.75, 3.05) is 11.9 Å². The van der Waals surface area contributed by atoms with Crippen molar-refractivity contribution < 1.29 is 14.3 Å². The van der Waals surface area contributed by atoms with Crippen molar-refractivity contribution in [1.29, 1.82) is 5.26 Å². The first kappa shape index (κ1) is 23.2. The number of esters is 1. The van der Waals surface area contributed by atoms with Crippen molar-refractivity contribution in [3.05, 3.63) is 22.4 Å². The quantitative estimate of drug-likeness (QED) is 0.417. The molecule has 2 aromatic rings. The Kier molecular flexibility index (Phi) is 8.04. The maximum Gasteiger partial charge on any atom is 0.306 e. The van der Waals surface area contributed by atoms with Crippen molar-refractivity contribution >= 4 is 39.7 Å². The third kappa shape index (κ3) is 6.52. The van der Waals surface area contributed by atoms with E-state index in [1.54, 1.807) is 18.3 Å². The molecule has 3 rings (SSSR count). The maximum atomic E-state index is 12.4. The van der Waals surface area contributed by atoms with Gasteiger partial charge in [-0.3, -0.25) is 9.59 Å². The Bertz CT molecular complexity index is 941. The largest absolute Gasteiger partial charge is 0.453 e. The van der Waals surface area contributed by atoms with E-state index in [1.807, 2.05) is 5.38 Å². The minimum absolute atomic E-state index is 0.205. The molecule has 1 atom stereocenters. The number of nitriles is 1. The Morgan fingerprint density at radius 2 is 2.10 bits per heavy atom. The molecule has 31 heavy (non-hydrogen) atoms. The molecule has 166 valence electrons. The van der Waals surface area contributed by atoms with Gasteiger partial charge < -0.3 is 15.4 Å². The van der Waals surface area contributed by atoms with Crippen LogP contribution >= 0.6 is 22.7 Å². The van der Waals surface area contributed by atoms with Gasteiger partial charge in [-0.25, -0.2) is 4.98 Å². The third-order valence-corrected chi connectivity index (χ3v) is 7.12. The smallest absolute Gasteiger partial charge is 0.306 e. The summed E-state index contributed by atoms with van der Waals surface area (Å²) in [5.41, 5.74) is 0.131. The Labute approximate surface area is 190 Å². The molecule has 1 fully saturated rings. The van der Waals surface area contributed by atoms with Crippen molar-refractivity contribution in [3.63, 3.8) is 0 Å². The van der Waals surface area contributed by atoms with Crippen LogP contribution < -0.4 is 10.6 Å². The number of carbonyl (C=O) groups is 2. The van der Waals surface area contributed by atoms with Crippen molar-refractivity contribution in [2.45, 2.75) is 70.4 Å². The summed E-state index contributed by atoms with van der Waals surface area (Å²) in [6.07, 6.45) is 4.07. The van der Waals surface area contributed by atoms with E-state index in [-0.39, 0.29) is 6.42 Å². The van der Waals surface area contributed by atoms with Crippen molar-refractivity contribution in [2.24, 2.45) is 0 Å². The third-order valence-electron chi connectivity index (χ3n) is 5.29.